The molecule has 0 fully saturated rings. The Balaban J connectivity index is 3.40. The van der Waals surface area contributed by atoms with Crippen molar-refractivity contribution in [3.8, 4) is 0 Å². The van der Waals surface area contributed by atoms with Gasteiger partial charge in [0.1, 0.15) is 5.69 Å². The summed E-state index contributed by atoms with van der Waals surface area (Å²) >= 11 is 0. The van der Waals surface area contributed by atoms with Crippen molar-refractivity contribution >= 4 is 27.1 Å². The second kappa shape index (κ2) is 3.97. The SMILES string of the molecule is CN(c1ccc(N)cc1[N+](=O)[O-])S(C)(=O)=O. The van der Waals surface area contributed by atoms with Crippen LogP contribution in [0.5, 0.6) is 0 Å². The highest BCUT2D eigenvalue weighted by molar-refractivity contribution is 7.92. The predicted molar refractivity (Wildman–Crippen MR) is 60.8 cm³/mol. The smallest absolute Gasteiger partial charge is 0.295 e. The van der Waals surface area contributed by atoms with E-state index in [2.05, 4.69) is 0 Å². The van der Waals surface area contributed by atoms with Crippen LogP contribution in [0.1, 0.15) is 0 Å². The minimum Gasteiger partial charge on any atom is -0.399 e. The van der Waals surface area contributed by atoms with Gasteiger partial charge in [-0.2, -0.15) is 0 Å². The number of nitrogens with zero attached hydrogens (tertiary/aromatic N) is 2. The third-order valence-electron chi connectivity index (χ3n) is 2.03. The zero-order valence-corrected chi connectivity index (χ0v) is 9.56. The Bertz CT molecular complexity index is 526. The summed E-state index contributed by atoms with van der Waals surface area (Å²) in [6.45, 7) is 0. The van der Waals surface area contributed by atoms with Crippen molar-refractivity contribution in [3.05, 3.63) is 28.3 Å². The van der Waals surface area contributed by atoms with Crippen LogP contribution in [0.4, 0.5) is 17.1 Å². The average Bonchev–Trinajstić information content (AvgIpc) is 2.15. The molecule has 0 atom stereocenters. The number of nitro groups is 1. The first kappa shape index (κ1) is 12.2. The number of nitrogen functional groups attached to an aromatic ring is 1. The van der Waals surface area contributed by atoms with Crippen molar-refractivity contribution in [1.82, 2.24) is 0 Å². The Morgan fingerprint density at radius 2 is 2.00 bits per heavy atom. The van der Waals surface area contributed by atoms with Gasteiger partial charge < -0.3 is 5.73 Å². The van der Waals surface area contributed by atoms with E-state index in [1.54, 1.807) is 0 Å². The van der Waals surface area contributed by atoms with Gasteiger partial charge in [0.25, 0.3) is 5.69 Å². The molecule has 7 nitrogen and oxygen atoms in total. The molecule has 0 aromatic heterocycles. The highest BCUT2D eigenvalue weighted by Crippen LogP contribution is 2.30. The molecule has 0 aliphatic heterocycles. The monoisotopic (exact) mass is 245 g/mol. The third kappa shape index (κ3) is 2.40. The first-order valence-electron chi connectivity index (χ1n) is 4.21. The van der Waals surface area contributed by atoms with Crippen molar-refractivity contribution in [2.24, 2.45) is 0 Å². The summed E-state index contributed by atoms with van der Waals surface area (Å²) in [6.07, 6.45) is 0.965. The van der Waals surface area contributed by atoms with Crippen molar-refractivity contribution in [2.75, 3.05) is 23.3 Å². The van der Waals surface area contributed by atoms with Crippen LogP contribution in [-0.4, -0.2) is 26.6 Å². The van der Waals surface area contributed by atoms with Gasteiger partial charge in [0, 0.05) is 18.8 Å². The van der Waals surface area contributed by atoms with Gasteiger partial charge in [-0.3, -0.25) is 14.4 Å². The zero-order valence-electron chi connectivity index (χ0n) is 8.75. The van der Waals surface area contributed by atoms with Crippen molar-refractivity contribution in [3.63, 3.8) is 0 Å². The lowest BCUT2D eigenvalue weighted by atomic mass is 10.2. The van der Waals surface area contributed by atoms with Gasteiger partial charge >= 0.3 is 0 Å². The summed E-state index contributed by atoms with van der Waals surface area (Å²) in [6, 6.07) is 3.83. The van der Waals surface area contributed by atoms with E-state index in [9.17, 15) is 18.5 Å². The summed E-state index contributed by atoms with van der Waals surface area (Å²) in [5.74, 6) is 0. The number of hydrogen-bond donors (Lipinski definition) is 1. The van der Waals surface area contributed by atoms with E-state index in [1.165, 1.54) is 19.2 Å². The van der Waals surface area contributed by atoms with Gasteiger partial charge in [0.15, 0.2) is 0 Å². The highest BCUT2D eigenvalue weighted by atomic mass is 32.2. The van der Waals surface area contributed by atoms with E-state index in [-0.39, 0.29) is 17.1 Å². The fourth-order valence-corrected chi connectivity index (χ4v) is 1.64. The number of nitrogens with two attached hydrogens (primary N) is 1. The molecular weight excluding hydrogens is 234 g/mol. The van der Waals surface area contributed by atoms with E-state index < -0.39 is 14.9 Å². The van der Waals surface area contributed by atoms with Crippen molar-refractivity contribution in [1.29, 1.82) is 0 Å². The molecule has 16 heavy (non-hydrogen) atoms. The van der Waals surface area contributed by atoms with Crippen molar-refractivity contribution < 1.29 is 13.3 Å². The maximum Gasteiger partial charge on any atom is 0.295 e. The Morgan fingerprint density at radius 1 is 1.44 bits per heavy atom. The fraction of sp³-hybridized carbons (Fsp3) is 0.250. The standard InChI is InChI=1S/C8H11N3O4S/c1-10(16(2,14)15)7-4-3-6(9)5-8(7)11(12)13/h3-5H,9H2,1-2H3. The van der Waals surface area contributed by atoms with Gasteiger partial charge in [-0.25, -0.2) is 8.42 Å². The minimum absolute atomic E-state index is 0.0123. The van der Waals surface area contributed by atoms with Crippen LogP contribution in [0.15, 0.2) is 18.2 Å². The average molecular weight is 245 g/mol. The largest absolute Gasteiger partial charge is 0.399 e. The van der Waals surface area contributed by atoms with Crippen LogP contribution < -0.4 is 10.0 Å². The number of rotatable bonds is 3. The Morgan fingerprint density at radius 3 is 2.44 bits per heavy atom. The third-order valence-corrected chi connectivity index (χ3v) is 3.22. The molecule has 0 aliphatic rings. The van der Waals surface area contributed by atoms with E-state index >= 15 is 0 Å². The highest BCUT2D eigenvalue weighted by Gasteiger charge is 2.22. The number of hydrogen-bond acceptors (Lipinski definition) is 5. The molecule has 1 aromatic rings. The minimum atomic E-state index is -3.54. The topological polar surface area (TPSA) is 107 Å². The number of sulfonamides is 1. The molecule has 0 radical (unpaired) electrons. The molecule has 0 amide bonds. The Kier molecular flexibility index (Phi) is 3.04. The second-order valence-electron chi connectivity index (χ2n) is 3.24. The predicted octanol–water partition coefficient (Wildman–Crippen LogP) is 0.573. The molecule has 0 bridgehead atoms. The molecule has 1 aromatic carbocycles. The molecule has 0 saturated carbocycles. The van der Waals surface area contributed by atoms with Gasteiger partial charge in [-0.15, -0.1) is 0 Å². The zero-order chi connectivity index (χ0) is 12.5. The molecule has 0 saturated heterocycles. The molecule has 0 unspecified atom stereocenters. The van der Waals surface area contributed by atoms with Crippen LogP contribution in [0, 0.1) is 10.1 Å². The Hall–Kier alpha value is -1.83. The van der Waals surface area contributed by atoms with Gasteiger partial charge in [-0.1, -0.05) is 0 Å². The second-order valence-corrected chi connectivity index (χ2v) is 5.25. The Labute approximate surface area is 92.7 Å². The quantitative estimate of drug-likeness (QED) is 0.476. The summed E-state index contributed by atoms with van der Waals surface area (Å²) < 4.78 is 23.4. The first-order valence-corrected chi connectivity index (χ1v) is 6.06. The number of benzene rings is 1. The molecular formula is C8H11N3O4S. The molecule has 1 rings (SSSR count). The van der Waals surface area contributed by atoms with Crippen LogP contribution >= 0.6 is 0 Å². The molecule has 88 valence electrons. The first-order chi connectivity index (χ1) is 7.23. The maximum atomic E-state index is 11.3. The molecule has 0 spiro atoms. The number of nitro benzene ring substituents is 1. The maximum absolute atomic E-state index is 11.3. The summed E-state index contributed by atoms with van der Waals surface area (Å²) in [5.41, 5.74) is 5.26. The molecule has 0 heterocycles. The van der Waals surface area contributed by atoms with Gasteiger partial charge in [-0.05, 0) is 12.1 Å². The summed E-state index contributed by atoms with van der Waals surface area (Å²) in [4.78, 5) is 10.1. The number of anilines is 2. The molecule has 2 N–H and O–H groups in total. The van der Waals surface area contributed by atoms with Gasteiger partial charge in [0.05, 0.1) is 11.2 Å². The van der Waals surface area contributed by atoms with E-state index in [4.69, 9.17) is 5.73 Å². The van der Waals surface area contributed by atoms with Crippen molar-refractivity contribution in [2.45, 2.75) is 0 Å². The molecule has 0 aliphatic carbocycles. The van der Waals surface area contributed by atoms with E-state index in [1.807, 2.05) is 0 Å². The van der Waals surface area contributed by atoms with Gasteiger partial charge in [0.2, 0.25) is 10.0 Å². The lowest BCUT2D eigenvalue weighted by Gasteiger charge is -2.16. The molecule has 8 heteroatoms. The van der Waals surface area contributed by atoms with Crippen LogP contribution in [-0.2, 0) is 10.0 Å². The van der Waals surface area contributed by atoms with E-state index in [0.29, 0.717) is 0 Å². The normalized spacial score (nSPS) is 11.1. The fourth-order valence-electron chi connectivity index (χ4n) is 1.13. The lowest BCUT2D eigenvalue weighted by molar-refractivity contribution is -0.384. The van der Waals surface area contributed by atoms with Crippen LogP contribution in [0.25, 0.3) is 0 Å². The summed E-state index contributed by atoms with van der Waals surface area (Å²) in [5, 5.41) is 10.7. The van der Waals surface area contributed by atoms with Crippen LogP contribution in [0.3, 0.4) is 0 Å². The lowest BCUT2D eigenvalue weighted by Crippen LogP contribution is -2.25. The summed E-state index contributed by atoms with van der Waals surface area (Å²) in [7, 11) is -2.29. The van der Waals surface area contributed by atoms with Crippen LogP contribution in [0.2, 0.25) is 0 Å². The van der Waals surface area contributed by atoms with E-state index in [0.717, 1.165) is 16.6 Å².